The van der Waals surface area contributed by atoms with Crippen LogP contribution in [-0.4, -0.2) is 40.1 Å². The molecule has 0 saturated heterocycles. The van der Waals surface area contributed by atoms with E-state index in [-0.39, 0.29) is 18.1 Å². The molecule has 1 aromatic carbocycles. The van der Waals surface area contributed by atoms with Crippen molar-refractivity contribution in [2.75, 3.05) is 31.0 Å². The van der Waals surface area contributed by atoms with Crippen LogP contribution in [0.5, 0.6) is 11.5 Å². The van der Waals surface area contributed by atoms with Gasteiger partial charge in [0.15, 0.2) is 0 Å². The molecule has 0 aromatic heterocycles. The first-order valence-electron chi connectivity index (χ1n) is 6.14. The number of benzene rings is 1. The van der Waals surface area contributed by atoms with E-state index in [1.807, 2.05) is 6.92 Å². The second-order valence-electron chi connectivity index (χ2n) is 4.22. The monoisotopic (exact) mass is 301 g/mol. The first kappa shape index (κ1) is 16.3. The summed E-state index contributed by atoms with van der Waals surface area (Å²) in [4.78, 5) is 11.7. The van der Waals surface area contributed by atoms with Gasteiger partial charge in [0.05, 0.1) is 25.2 Å². The summed E-state index contributed by atoms with van der Waals surface area (Å²) in [5.74, 6) is 0.518. The number of sulfone groups is 1. The summed E-state index contributed by atoms with van der Waals surface area (Å²) in [5.41, 5.74) is 0.463. The number of hydrogen-bond acceptors (Lipinski definition) is 5. The van der Waals surface area contributed by atoms with Crippen molar-refractivity contribution in [3.05, 3.63) is 18.2 Å². The van der Waals surface area contributed by atoms with E-state index in [0.717, 1.165) is 6.26 Å². The van der Waals surface area contributed by atoms with Crippen LogP contribution >= 0.6 is 0 Å². The van der Waals surface area contributed by atoms with Gasteiger partial charge in [-0.2, -0.15) is 0 Å². The van der Waals surface area contributed by atoms with E-state index < -0.39 is 9.84 Å². The van der Waals surface area contributed by atoms with Crippen molar-refractivity contribution in [3.63, 3.8) is 0 Å². The van der Waals surface area contributed by atoms with Gasteiger partial charge in [-0.25, -0.2) is 8.42 Å². The van der Waals surface area contributed by atoms with E-state index >= 15 is 0 Å². The smallest absolute Gasteiger partial charge is 0.225 e. The van der Waals surface area contributed by atoms with Crippen LogP contribution in [0.25, 0.3) is 0 Å². The van der Waals surface area contributed by atoms with Crippen LogP contribution in [0.4, 0.5) is 5.69 Å². The van der Waals surface area contributed by atoms with Crippen LogP contribution in [0.15, 0.2) is 18.2 Å². The van der Waals surface area contributed by atoms with Gasteiger partial charge in [0, 0.05) is 18.7 Å². The SMILES string of the molecule is CCOc1ccc(OC)cc1NC(=O)CCS(C)(=O)=O. The normalized spacial score (nSPS) is 10.9. The fourth-order valence-electron chi connectivity index (χ4n) is 1.51. The van der Waals surface area contributed by atoms with E-state index in [1.165, 1.54) is 7.11 Å². The maximum absolute atomic E-state index is 11.7. The third-order valence-corrected chi connectivity index (χ3v) is 3.41. The maximum atomic E-state index is 11.7. The Morgan fingerprint density at radius 1 is 1.35 bits per heavy atom. The lowest BCUT2D eigenvalue weighted by atomic mass is 10.2. The summed E-state index contributed by atoms with van der Waals surface area (Å²) in [7, 11) is -1.64. The third-order valence-electron chi connectivity index (χ3n) is 2.46. The maximum Gasteiger partial charge on any atom is 0.225 e. The molecule has 0 aliphatic rings. The molecular formula is C13H19NO5S. The number of methoxy groups -OCH3 is 1. The van der Waals surface area contributed by atoms with Gasteiger partial charge in [-0.15, -0.1) is 0 Å². The molecule has 0 spiro atoms. The summed E-state index contributed by atoms with van der Waals surface area (Å²) in [5, 5.41) is 2.63. The lowest BCUT2D eigenvalue weighted by Gasteiger charge is -2.12. The van der Waals surface area contributed by atoms with Crippen molar-refractivity contribution >= 4 is 21.4 Å². The highest BCUT2D eigenvalue weighted by Gasteiger charge is 2.12. The topological polar surface area (TPSA) is 81.7 Å². The van der Waals surface area contributed by atoms with Crippen molar-refractivity contribution < 1.29 is 22.7 Å². The average Bonchev–Trinajstić information content (AvgIpc) is 2.38. The van der Waals surface area contributed by atoms with Crippen molar-refractivity contribution in [2.24, 2.45) is 0 Å². The summed E-state index contributed by atoms with van der Waals surface area (Å²) < 4.78 is 32.5. The zero-order chi connectivity index (χ0) is 15.2. The van der Waals surface area contributed by atoms with E-state index in [2.05, 4.69) is 5.32 Å². The second kappa shape index (κ2) is 7.14. The molecule has 0 fully saturated rings. The van der Waals surface area contributed by atoms with Crippen molar-refractivity contribution in [3.8, 4) is 11.5 Å². The number of anilines is 1. The molecule has 0 saturated carbocycles. The molecule has 0 radical (unpaired) electrons. The Kier molecular flexibility index (Phi) is 5.82. The molecule has 0 aliphatic carbocycles. The lowest BCUT2D eigenvalue weighted by molar-refractivity contribution is -0.115. The summed E-state index contributed by atoms with van der Waals surface area (Å²) in [6.45, 7) is 2.29. The number of carbonyl (C=O) groups is 1. The van der Waals surface area contributed by atoms with Crippen LogP contribution in [0.1, 0.15) is 13.3 Å². The standard InChI is InChI=1S/C13H19NO5S/c1-4-19-12-6-5-10(18-2)9-11(12)14-13(15)7-8-20(3,16)17/h5-6,9H,4,7-8H2,1-3H3,(H,14,15). The predicted molar refractivity (Wildman–Crippen MR) is 77.1 cm³/mol. The Balaban J connectivity index is 2.80. The molecule has 20 heavy (non-hydrogen) atoms. The van der Waals surface area contributed by atoms with Crippen LogP contribution < -0.4 is 14.8 Å². The zero-order valence-electron chi connectivity index (χ0n) is 11.8. The van der Waals surface area contributed by atoms with Crippen LogP contribution in [0.3, 0.4) is 0 Å². The van der Waals surface area contributed by atoms with E-state index in [4.69, 9.17) is 9.47 Å². The van der Waals surface area contributed by atoms with Crippen molar-refractivity contribution in [1.82, 2.24) is 0 Å². The van der Waals surface area contributed by atoms with Gasteiger partial charge in [0.1, 0.15) is 21.3 Å². The summed E-state index contributed by atoms with van der Waals surface area (Å²) in [6, 6.07) is 5.04. The quantitative estimate of drug-likeness (QED) is 0.824. The molecule has 112 valence electrons. The average molecular weight is 301 g/mol. The Morgan fingerprint density at radius 2 is 2.05 bits per heavy atom. The number of rotatable bonds is 7. The molecule has 0 bridgehead atoms. The number of ether oxygens (including phenoxy) is 2. The Bertz CT molecular complexity index is 568. The van der Waals surface area contributed by atoms with Gasteiger partial charge in [0.2, 0.25) is 5.91 Å². The Morgan fingerprint density at radius 3 is 2.60 bits per heavy atom. The van der Waals surface area contributed by atoms with E-state index in [1.54, 1.807) is 18.2 Å². The van der Waals surface area contributed by atoms with E-state index in [0.29, 0.717) is 23.8 Å². The molecule has 1 rings (SSSR count). The zero-order valence-corrected chi connectivity index (χ0v) is 12.6. The highest BCUT2D eigenvalue weighted by Crippen LogP contribution is 2.29. The number of hydrogen-bond donors (Lipinski definition) is 1. The molecule has 0 atom stereocenters. The molecule has 7 heteroatoms. The van der Waals surface area contributed by atoms with Gasteiger partial charge in [-0.05, 0) is 19.1 Å². The lowest BCUT2D eigenvalue weighted by Crippen LogP contribution is -2.17. The minimum absolute atomic E-state index is 0.0956. The molecule has 0 aliphatic heterocycles. The highest BCUT2D eigenvalue weighted by atomic mass is 32.2. The van der Waals surface area contributed by atoms with E-state index in [9.17, 15) is 13.2 Å². The van der Waals surface area contributed by atoms with Crippen molar-refractivity contribution in [2.45, 2.75) is 13.3 Å². The first-order chi connectivity index (χ1) is 9.35. The Hall–Kier alpha value is -1.76. The van der Waals surface area contributed by atoms with Crippen LogP contribution in [0, 0.1) is 0 Å². The third kappa shape index (κ3) is 5.48. The minimum Gasteiger partial charge on any atom is -0.497 e. The molecule has 6 nitrogen and oxygen atoms in total. The fourth-order valence-corrected chi connectivity index (χ4v) is 2.06. The van der Waals surface area contributed by atoms with Crippen LogP contribution in [0.2, 0.25) is 0 Å². The highest BCUT2D eigenvalue weighted by molar-refractivity contribution is 7.90. The summed E-state index contributed by atoms with van der Waals surface area (Å²) >= 11 is 0. The van der Waals surface area contributed by atoms with Crippen LogP contribution in [-0.2, 0) is 14.6 Å². The van der Waals surface area contributed by atoms with Gasteiger partial charge in [0.25, 0.3) is 0 Å². The number of carbonyl (C=O) groups excluding carboxylic acids is 1. The van der Waals surface area contributed by atoms with Gasteiger partial charge < -0.3 is 14.8 Å². The minimum atomic E-state index is -3.16. The fraction of sp³-hybridized carbons (Fsp3) is 0.462. The Labute approximate surface area is 119 Å². The molecule has 1 amide bonds. The van der Waals surface area contributed by atoms with Crippen molar-refractivity contribution in [1.29, 1.82) is 0 Å². The molecule has 0 unspecified atom stereocenters. The van der Waals surface area contributed by atoms with Gasteiger partial charge in [-0.3, -0.25) is 4.79 Å². The van der Waals surface area contributed by atoms with Gasteiger partial charge >= 0.3 is 0 Å². The molecule has 1 aromatic rings. The molecule has 1 N–H and O–H groups in total. The number of amides is 1. The second-order valence-corrected chi connectivity index (χ2v) is 6.48. The largest absolute Gasteiger partial charge is 0.497 e. The molecular weight excluding hydrogens is 282 g/mol. The molecule has 0 heterocycles. The predicted octanol–water partition coefficient (Wildman–Crippen LogP) is 1.47. The first-order valence-corrected chi connectivity index (χ1v) is 8.20. The van der Waals surface area contributed by atoms with Gasteiger partial charge in [-0.1, -0.05) is 0 Å². The summed E-state index contributed by atoms with van der Waals surface area (Å²) in [6.07, 6.45) is 0.999. The number of nitrogens with one attached hydrogen (secondary N) is 1.